The Balaban J connectivity index is 3.11. The quantitative estimate of drug-likeness (QED) is 0.766. The Bertz CT molecular complexity index is 457. The van der Waals surface area contributed by atoms with Gasteiger partial charge in [-0.2, -0.15) is 0 Å². The fourth-order valence-electron chi connectivity index (χ4n) is 1.07. The van der Waals surface area contributed by atoms with Crippen LogP contribution in [0, 0.1) is 5.82 Å². The Morgan fingerprint density at radius 1 is 1.40 bits per heavy atom. The van der Waals surface area contributed by atoms with Gasteiger partial charge in [0.25, 0.3) is 0 Å². The lowest BCUT2D eigenvalue weighted by Gasteiger charge is -2.09. The van der Waals surface area contributed by atoms with Crippen molar-refractivity contribution >= 4 is 15.7 Å². The third-order valence-corrected chi connectivity index (χ3v) is 3.32. The van der Waals surface area contributed by atoms with E-state index in [-0.39, 0.29) is 16.6 Å². The van der Waals surface area contributed by atoms with Crippen LogP contribution in [0.25, 0.3) is 0 Å². The van der Waals surface area contributed by atoms with Crippen LogP contribution in [0.4, 0.5) is 10.1 Å². The van der Waals surface area contributed by atoms with E-state index in [9.17, 15) is 12.8 Å². The lowest BCUT2D eigenvalue weighted by molar-refractivity contribution is 0.569. The maximum absolute atomic E-state index is 12.8. The van der Waals surface area contributed by atoms with Gasteiger partial charge < -0.3 is 5.73 Å². The van der Waals surface area contributed by atoms with Gasteiger partial charge in [0.05, 0.1) is 10.6 Å². The zero-order valence-electron chi connectivity index (χ0n) is 8.49. The van der Waals surface area contributed by atoms with Crippen molar-refractivity contribution in [2.75, 3.05) is 5.73 Å². The molecular formula is C9H13FN2O2S. The minimum atomic E-state index is -3.60. The van der Waals surface area contributed by atoms with E-state index in [4.69, 9.17) is 5.73 Å². The molecule has 1 aromatic carbocycles. The summed E-state index contributed by atoms with van der Waals surface area (Å²) < 4.78 is 38.4. The van der Waals surface area contributed by atoms with E-state index in [0.29, 0.717) is 0 Å². The van der Waals surface area contributed by atoms with Crippen molar-refractivity contribution in [3.63, 3.8) is 0 Å². The first-order valence-corrected chi connectivity index (χ1v) is 5.88. The molecule has 0 saturated heterocycles. The minimum Gasteiger partial charge on any atom is -0.396 e. The number of nitrogen functional groups attached to an aromatic ring is 1. The van der Waals surface area contributed by atoms with Gasteiger partial charge in [0, 0.05) is 6.04 Å². The van der Waals surface area contributed by atoms with Crippen LogP contribution >= 0.6 is 0 Å². The van der Waals surface area contributed by atoms with E-state index in [2.05, 4.69) is 4.72 Å². The number of halogens is 1. The summed E-state index contributed by atoms with van der Waals surface area (Å²) in [5.41, 5.74) is 5.10. The molecule has 0 aliphatic rings. The van der Waals surface area contributed by atoms with Gasteiger partial charge in [-0.1, -0.05) is 0 Å². The van der Waals surface area contributed by atoms with Crippen molar-refractivity contribution in [2.45, 2.75) is 24.8 Å². The molecule has 84 valence electrons. The first kappa shape index (κ1) is 11.9. The molecule has 0 spiro atoms. The highest BCUT2D eigenvalue weighted by Crippen LogP contribution is 2.16. The number of anilines is 1. The summed E-state index contributed by atoms with van der Waals surface area (Å²) >= 11 is 0. The molecule has 1 aromatic rings. The van der Waals surface area contributed by atoms with Crippen LogP contribution < -0.4 is 10.5 Å². The van der Waals surface area contributed by atoms with E-state index >= 15 is 0 Å². The summed E-state index contributed by atoms with van der Waals surface area (Å²) in [6, 6.07) is 3.09. The van der Waals surface area contributed by atoms with Crippen molar-refractivity contribution in [2.24, 2.45) is 0 Å². The van der Waals surface area contributed by atoms with E-state index in [1.165, 1.54) is 6.07 Å². The van der Waals surface area contributed by atoms with Crippen molar-refractivity contribution in [3.8, 4) is 0 Å². The van der Waals surface area contributed by atoms with Crippen molar-refractivity contribution < 1.29 is 12.8 Å². The van der Waals surface area contributed by atoms with Gasteiger partial charge in [-0.15, -0.1) is 0 Å². The first-order valence-electron chi connectivity index (χ1n) is 4.40. The predicted molar refractivity (Wildman–Crippen MR) is 56.3 cm³/mol. The molecule has 0 fully saturated rings. The van der Waals surface area contributed by atoms with Crippen LogP contribution in [0.15, 0.2) is 23.1 Å². The molecule has 0 aliphatic heterocycles. The normalized spacial score (nSPS) is 12.0. The van der Waals surface area contributed by atoms with Gasteiger partial charge in [0.1, 0.15) is 5.82 Å². The van der Waals surface area contributed by atoms with Gasteiger partial charge in [-0.25, -0.2) is 17.5 Å². The number of rotatable bonds is 3. The zero-order chi connectivity index (χ0) is 11.6. The number of hydrogen-bond acceptors (Lipinski definition) is 3. The monoisotopic (exact) mass is 232 g/mol. The lowest BCUT2D eigenvalue weighted by atomic mass is 10.3. The molecule has 0 atom stereocenters. The smallest absolute Gasteiger partial charge is 0.240 e. The fourth-order valence-corrected chi connectivity index (χ4v) is 2.35. The predicted octanol–water partition coefficient (Wildman–Crippen LogP) is 1.09. The lowest BCUT2D eigenvalue weighted by Crippen LogP contribution is -2.30. The number of nitrogens with one attached hydrogen (secondary N) is 1. The van der Waals surface area contributed by atoms with Gasteiger partial charge in [0.15, 0.2) is 0 Å². The summed E-state index contributed by atoms with van der Waals surface area (Å²) in [6.45, 7) is 3.40. The highest BCUT2D eigenvalue weighted by Gasteiger charge is 2.16. The summed E-state index contributed by atoms with van der Waals surface area (Å²) in [6.07, 6.45) is 0. The SMILES string of the molecule is CC(C)NS(=O)(=O)c1ccc(F)c(N)c1. The summed E-state index contributed by atoms with van der Waals surface area (Å²) in [4.78, 5) is -0.0323. The van der Waals surface area contributed by atoms with Crippen LogP contribution in [-0.4, -0.2) is 14.5 Å². The second-order valence-electron chi connectivity index (χ2n) is 3.46. The maximum atomic E-state index is 12.8. The second-order valence-corrected chi connectivity index (χ2v) is 5.17. The van der Waals surface area contributed by atoms with Crippen molar-refractivity contribution in [1.82, 2.24) is 4.72 Å². The minimum absolute atomic E-state index is 0.0323. The summed E-state index contributed by atoms with van der Waals surface area (Å²) in [7, 11) is -3.60. The van der Waals surface area contributed by atoms with Crippen LogP contribution in [0.2, 0.25) is 0 Å². The van der Waals surface area contributed by atoms with Gasteiger partial charge in [-0.05, 0) is 32.0 Å². The Hall–Kier alpha value is -1.14. The zero-order valence-corrected chi connectivity index (χ0v) is 9.31. The average molecular weight is 232 g/mol. The summed E-state index contributed by atoms with van der Waals surface area (Å²) in [5.74, 6) is -0.626. The largest absolute Gasteiger partial charge is 0.396 e. The molecule has 15 heavy (non-hydrogen) atoms. The van der Waals surface area contributed by atoms with Gasteiger partial charge in [0.2, 0.25) is 10.0 Å². The molecule has 0 bridgehead atoms. The van der Waals surface area contributed by atoms with Crippen LogP contribution in [0.3, 0.4) is 0 Å². The topological polar surface area (TPSA) is 72.2 Å². The first-order chi connectivity index (χ1) is 6.83. The fraction of sp³-hybridized carbons (Fsp3) is 0.333. The molecule has 0 amide bonds. The molecular weight excluding hydrogens is 219 g/mol. The van der Waals surface area contributed by atoms with Gasteiger partial charge in [-0.3, -0.25) is 0 Å². The number of nitrogens with two attached hydrogens (primary N) is 1. The van der Waals surface area contributed by atoms with E-state index in [1.54, 1.807) is 13.8 Å². The molecule has 3 N–H and O–H groups in total. The number of sulfonamides is 1. The molecule has 0 saturated carbocycles. The Morgan fingerprint density at radius 3 is 2.47 bits per heavy atom. The number of benzene rings is 1. The van der Waals surface area contributed by atoms with Gasteiger partial charge >= 0.3 is 0 Å². The highest BCUT2D eigenvalue weighted by molar-refractivity contribution is 7.89. The van der Waals surface area contributed by atoms with E-state index in [1.807, 2.05) is 0 Å². The Labute approximate surface area is 88.3 Å². The third kappa shape index (κ3) is 2.90. The standard InChI is InChI=1S/C9H13FN2O2S/c1-6(2)12-15(13,14)7-3-4-8(10)9(11)5-7/h3-6,12H,11H2,1-2H3. The van der Waals surface area contributed by atoms with Crippen LogP contribution in [0.5, 0.6) is 0 Å². The molecule has 0 aromatic heterocycles. The second kappa shape index (κ2) is 4.16. The number of hydrogen-bond donors (Lipinski definition) is 2. The molecule has 6 heteroatoms. The Kier molecular flexibility index (Phi) is 3.31. The molecule has 0 radical (unpaired) electrons. The molecule has 1 rings (SSSR count). The average Bonchev–Trinajstić information content (AvgIpc) is 2.07. The summed E-state index contributed by atoms with van der Waals surface area (Å²) in [5, 5.41) is 0. The van der Waals surface area contributed by atoms with E-state index in [0.717, 1.165) is 12.1 Å². The molecule has 0 aliphatic carbocycles. The van der Waals surface area contributed by atoms with Crippen LogP contribution in [-0.2, 0) is 10.0 Å². The van der Waals surface area contributed by atoms with Crippen molar-refractivity contribution in [1.29, 1.82) is 0 Å². The Morgan fingerprint density at radius 2 is 2.00 bits per heavy atom. The maximum Gasteiger partial charge on any atom is 0.240 e. The molecule has 0 unspecified atom stereocenters. The third-order valence-electron chi connectivity index (χ3n) is 1.67. The van der Waals surface area contributed by atoms with Crippen LogP contribution in [0.1, 0.15) is 13.8 Å². The highest BCUT2D eigenvalue weighted by atomic mass is 32.2. The molecule has 0 heterocycles. The molecule has 4 nitrogen and oxygen atoms in total. The van der Waals surface area contributed by atoms with E-state index < -0.39 is 15.8 Å². The van der Waals surface area contributed by atoms with Crippen molar-refractivity contribution in [3.05, 3.63) is 24.0 Å².